The molecule has 6 nitrogen and oxygen atoms in total. The van der Waals surface area contributed by atoms with E-state index in [2.05, 4.69) is 24.1 Å². The second kappa shape index (κ2) is 9.68. The molecule has 0 aliphatic carbocycles. The molecule has 0 fully saturated rings. The molecule has 1 N–H and O–H groups in total. The quantitative estimate of drug-likeness (QED) is 0.640. The van der Waals surface area contributed by atoms with Gasteiger partial charge >= 0.3 is 0 Å². The van der Waals surface area contributed by atoms with Crippen molar-refractivity contribution in [3.63, 3.8) is 0 Å². The van der Waals surface area contributed by atoms with Crippen molar-refractivity contribution >= 4 is 5.91 Å². The number of ether oxygens (including phenoxy) is 1. The van der Waals surface area contributed by atoms with Gasteiger partial charge in [-0.2, -0.15) is 0 Å². The van der Waals surface area contributed by atoms with E-state index in [0.29, 0.717) is 30.5 Å². The summed E-state index contributed by atoms with van der Waals surface area (Å²) in [4.78, 5) is 28.6. The summed E-state index contributed by atoms with van der Waals surface area (Å²) in [6.07, 6.45) is 1.50. The lowest BCUT2D eigenvalue weighted by atomic mass is 10.0. The number of rotatable bonds is 8. The molecule has 29 heavy (non-hydrogen) atoms. The Morgan fingerprint density at radius 2 is 1.83 bits per heavy atom. The molecule has 2 aromatic carbocycles. The van der Waals surface area contributed by atoms with E-state index in [0.717, 1.165) is 5.56 Å². The van der Waals surface area contributed by atoms with Gasteiger partial charge < -0.3 is 10.1 Å². The Morgan fingerprint density at radius 1 is 1.10 bits per heavy atom. The molecule has 0 saturated carbocycles. The maximum absolute atomic E-state index is 12.3. The summed E-state index contributed by atoms with van der Waals surface area (Å²) in [6, 6.07) is 18.7. The van der Waals surface area contributed by atoms with Gasteiger partial charge in [0.2, 0.25) is 0 Å². The first-order chi connectivity index (χ1) is 14.0. The van der Waals surface area contributed by atoms with Gasteiger partial charge in [-0.1, -0.05) is 56.3 Å². The van der Waals surface area contributed by atoms with E-state index in [4.69, 9.17) is 4.74 Å². The van der Waals surface area contributed by atoms with E-state index in [9.17, 15) is 9.59 Å². The van der Waals surface area contributed by atoms with Gasteiger partial charge in [-0.05, 0) is 23.6 Å². The van der Waals surface area contributed by atoms with Crippen molar-refractivity contribution in [1.29, 1.82) is 0 Å². The molecule has 1 aromatic heterocycles. The number of nitrogens with one attached hydrogen (secondary N) is 1. The molecule has 0 radical (unpaired) electrons. The molecule has 0 bridgehead atoms. The standard InChI is InChI=1S/C23H25N3O3/c1-17(2)18-8-10-20(11-9-18)29-15-22(27)24-12-13-26-16-25-21(14-23(26)28)19-6-4-3-5-7-19/h3-11,14,16-17H,12-13,15H2,1-2H3,(H,24,27). The van der Waals surface area contributed by atoms with Crippen LogP contribution in [0.5, 0.6) is 5.75 Å². The highest BCUT2D eigenvalue weighted by Crippen LogP contribution is 2.18. The van der Waals surface area contributed by atoms with Crippen LogP contribution in [0.4, 0.5) is 0 Å². The monoisotopic (exact) mass is 391 g/mol. The van der Waals surface area contributed by atoms with E-state index in [1.54, 1.807) is 0 Å². The zero-order chi connectivity index (χ0) is 20.6. The van der Waals surface area contributed by atoms with E-state index < -0.39 is 0 Å². The van der Waals surface area contributed by atoms with Crippen LogP contribution in [0.3, 0.4) is 0 Å². The average molecular weight is 391 g/mol. The number of carbonyl (C=O) groups excluding carboxylic acids is 1. The Morgan fingerprint density at radius 3 is 2.48 bits per heavy atom. The van der Waals surface area contributed by atoms with Crippen molar-refractivity contribution in [3.05, 3.63) is 82.9 Å². The second-order valence-electron chi connectivity index (χ2n) is 7.03. The number of hydrogen-bond acceptors (Lipinski definition) is 4. The first kappa shape index (κ1) is 20.3. The molecule has 3 aromatic rings. The van der Waals surface area contributed by atoms with E-state index in [-0.39, 0.29) is 18.1 Å². The van der Waals surface area contributed by atoms with Crippen LogP contribution in [-0.4, -0.2) is 28.6 Å². The number of benzene rings is 2. The summed E-state index contributed by atoms with van der Waals surface area (Å²) in [6.45, 7) is 4.84. The fourth-order valence-corrected chi connectivity index (χ4v) is 2.83. The molecule has 3 rings (SSSR count). The third-order valence-corrected chi connectivity index (χ3v) is 4.54. The number of carbonyl (C=O) groups is 1. The molecule has 6 heteroatoms. The van der Waals surface area contributed by atoms with E-state index >= 15 is 0 Å². The van der Waals surface area contributed by atoms with Crippen molar-refractivity contribution in [2.45, 2.75) is 26.3 Å². The highest BCUT2D eigenvalue weighted by Gasteiger charge is 2.06. The molecule has 1 heterocycles. The Labute approximate surface area is 170 Å². The Hall–Kier alpha value is -3.41. The summed E-state index contributed by atoms with van der Waals surface area (Å²) >= 11 is 0. The summed E-state index contributed by atoms with van der Waals surface area (Å²) in [5, 5.41) is 2.75. The first-order valence-electron chi connectivity index (χ1n) is 9.64. The number of aromatic nitrogens is 2. The molecule has 0 saturated heterocycles. The van der Waals surface area contributed by atoms with Gasteiger partial charge in [0.05, 0.1) is 12.0 Å². The van der Waals surface area contributed by atoms with Crippen molar-refractivity contribution in [2.75, 3.05) is 13.2 Å². The maximum atomic E-state index is 12.3. The van der Waals surface area contributed by atoms with Gasteiger partial charge in [-0.15, -0.1) is 0 Å². The fourth-order valence-electron chi connectivity index (χ4n) is 2.83. The van der Waals surface area contributed by atoms with Crippen molar-refractivity contribution in [3.8, 4) is 17.0 Å². The zero-order valence-corrected chi connectivity index (χ0v) is 16.7. The van der Waals surface area contributed by atoms with Crippen LogP contribution in [0.15, 0.2) is 71.8 Å². The fraction of sp³-hybridized carbons (Fsp3) is 0.261. The van der Waals surface area contributed by atoms with Gasteiger partial charge in [0, 0.05) is 24.7 Å². The predicted molar refractivity (Wildman–Crippen MR) is 113 cm³/mol. The Bertz CT molecular complexity index is 996. The minimum Gasteiger partial charge on any atom is -0.484 e. The van der Waals surface area contributed by atoms with Crippen molar-refractivity contribution in [1.82, 2.24) is 14.9 Å². The normalized spacial score (nSPS) is 10.7. The summed E-state index contributed by atoms with van der Waals surface area (Å²) in [7, 11) is 0. The Balaban J connectivity index is 1.46. The van der Waals surface area contributed by atoms with Crippen molar-refractivity contribution < 1.29 is 9.53 Å². The van der Waals surface area contributed by atoms with Gasteiger partial charge in [0.25, 0.3) is 11.5 Å². The van der Waals surface area contributed by atoms with Crippen LogP contribution >= 0.6 is 0 Å². The summed E-state index contributed by atoms with van der Waals surface area (Å²) in [5.41, 5.74) is 2.59. The second-order valence-corrected chi connectivity index (χ2v) is 7.03. The predicted octanol–water partition coefficient (Wildman–Crippen LogP) is 3.23. The lowest BCUT2D eigenvalue weighted by Crippen LogP contribution is -2.33. The molecule has 0 aliphatic heterocycles. The van der Waals surface area contributed by atoms with Gasteiger partial charge in [-0.3, -0.25) is 14.2 Å². The molecular weight excluding hydrogens is 366 g/mol. The SMILES string of the molecule is CC(C)c1ccc(OCC(=O)NCCn2cnc(-c3ccccc3)cc2=O)cc1. The average Bonchev–Trinajstić information content (AvgIpc) is 2.74. The Kier molecular flexibility index (Phi) is 6.79. The lowest BCUT2D eigenvalue weighted by molar-refractivity contribution is -0.123. The largest absolute Gasteiger partial charge is 0.484 e. The molecule has 0 spiro atoms. The third-order valence-electron chi connectivity index (χ3n) is 4.54. The molecular formula is C23H25N3O3. The molecule has 150 valence electrons. The number of hydrogen-bond donors (Lipinski definition) is 1. The molecule has 0 atom stereocenters. The van der Waals surface area contributed by atoms with Gasteiger partial charge in [0.15, 0.2) is 6.61 Å². The lowest BCUT2D eigenvalue weighted by Gasteiger charge is -2.10. The third kappa shape index (κ3) is 5.78. The van der Waals surface area contributed by atoms with Crippen LogP contribution < -0.4 is 15.6 Å². The topological polar surface area (TPSA) is 73.2 Å². The zero-order valence-electron chi connectivity index (χ0n) is 16.7. The molecule has 1 amide bonds. The minimum absolute atomic E-state index is 0.0683. The van der Waals surface area contributed by atoms with E-state index in [1.165, 1.54) is 22.5 Å². The minimum atomic E-state index is -0.236. The van der Waals surface area contributed by atoms with Crippen LogP contribution in [0, 0.1) is 0 Å². The number of amides is 1. The maximum Gasteiger partial charge on any atom is 0.258 e. The first-order valence-corrected chi connectivity index (χ1v) is 9.64. The highest BCUT2D eigenvalue weighted by molar-refractivity contribution is 5.77. The number of nitrogens with zero attached hydrogens (tertiary/aromatic N) is 2. The molecule has 0 unspecified atom stereocenters. The van der Waals surface area contributed by atoms with Crippen LogP contribution in [0.1, 0.15) is 25.3 Å². The van der Waals surface area contributed by atoms with Gasteiger partial charge in [-0.25, -0.2) is 4.98 Å². The van der Waals surface area contributed by atoms with Crippen LogP contribution in [0.2, 0.25) is 0 Å². The summed E-state index contributed by atoms with van der Waals surface area (Å²) < 4.78 is 6.97. The smallest absolute Gasteiger partial charge is 0.258 e. The molecule has 0 aliphatic rings. The van der Waals surface area contributed by atoms with E-state index in [1.807, 2.05) is 54.6 Å². The summed E-state index contributed by atoms with van der Waals surface area (Å²) in [5.74, 6) is 0.869. The van der Waals surface area contributed by atoms with Crippen LogP contribution in [-0.2, 0) is 11.3 Å². The van der Waals surface area contributed by atoms with Crippen molar-refractivity contribution in [2.24, 2.45) is 0 Å². The van der Waals surface area contributed by atoms with Crippen LogP contribution in [0.25, 0.3) is 11.3 Å². The highest BCUT2D eigenvalue weighted by atomic mass is 16.5. The van der Waals surface area contributed by atoms with Gasteiger partial charge in [0.1, 0.15) is 5.75 Å².